The number of pyridine rings is 1. The van der Waals surface area contributed by atoms with Gasteiger partial charge in [-0.1, -0.05) is 36.4 Å². The molecule has 3 nitrogen and oxygen atoms in total. The first-order valence-corrected chi connectivity index (χ1v) is 6.54. The highest BCUT2D eigenvalue weighted by Crippen LogP contribution is 2.30. The van der Waals surface area contributed by atoms with Gasteiger partial charge in [-0.25, -0.2) is 0 Å². The van der Waals surface area contributed by atoms with Crippen molar-refractivity contribution in [3.8, 4) is 11.5 Å². The minimum absolute atomic E-state index is 0.570. The van der Waals surface area contributed by atoms with Crippen molar-refractivity contribution in [3.05, 3.63) is 66.4 Å². The van der Waals surface area contributed by atoms with Gasteiger partial charge in [0.25, 0.3) is 0 Å². The Kier molecular flexibility index (Phi) is 3.35. The van der Waals surface area contributed by atoms with E-state index in [1.54, 1.807) is 13.1 Å². The predicted octanol–water partition coefficient (Wildman–Crippen LogP) is 4.08. The van der Waals surface area contributed by atoms with E-state index in [1.807, 2.05) is 54.6 Å². The summed E-state index contributed by atoms with van der Waals surface area (Å²) in [6, 6.07) is 17.3. The highest BCUT2D eigenvalue weighted by molar-refractivity contribution is 5.79. The van der Waals surface area contributed by atoms with Gasteiger partial charge in [0.2, 0.25) is 0 Å². The van der Waals surface area contributed by atoms with Crippen LogP contribution >= 0.6 is 0 Å². The number of rotatable bonds is 3. The zero-order valence-electron chi connectivity index (χ0n) is 11.2. The van der Waals surface area contributed by atoms with E-state index < -0.39 is 6.10 Å². The molecule has 3 heteroatoms. The largest absolute Gasteiger partial charge is 0.455 e. The molecule has 0 radical (unpaired) electrons. The maximum atomic E-state index is 9.76. The summed E-state index contributed by atoms with van der Waals surface area (Å²) in [6.45, 7) is 1.72. The first-order valence-electron chi connectivity index (χ1n) is 6.54. The maximum Gasteiger partial charge on any atom is 0.146 e. The van der Waals surface area contributed by atoms with Crippen LogP contribution in [0.4, 0.5) is 0 Å². The molecule has 2 aromatic carbocycles. The van der Waals surface area contributed by atoms with Gasteiger partial charge >= 0.3 is 0 Å². The molecule has 0 spiro atoms. The molecule has 1 aromatic heterocycles. The lowest BCUT2D eigenvalue weighted by atomic mass is 10.1. The lowest BCUT2D eigenvalue weighted by molar-refractivity contribution is 0.195. The standard InChI is InChI=1S/C17H15NO2/c1-12(19)15-7-3-5-9-17(15)20-14-10-13-6-2-4-8-16(13)18-11-14/h2-12,19H,1H3/t12-/m0/s1. The van der Waals surface area contributed by atoms with E-state index in [-0.39, 0.29) is 0 Å². The number of nitrogens with zero attached hydrogens (tertiary/aromatic N) is 1. The second-order valence-electron chi connectivity index (χ2n) is 4.68. The van der Waals surface area contributed by atoms with Crippen molar-refractivity contribution in [2.24, 2.45) is 0 Å². The van der Waals surface area contributed by atoms with Gasteiger partial charge in [0.1, 0.15) is 11.5 Å². The Balaban J connectivity index is 1.97. The number of hydrogen-bond donors (Lipinski definition) is 1. The molecule has 0 fully saturated rings. The van der Waals surface area contributed by atoms with E-state index in [0.717, 1.165) is 16.5 Å². The molecule has 20 heavy (non-hydrogen) atoms. The van der Waals surface area contributed by atoms with Crippen molar-refractivity contribution in [1.29, 1.82) is 0 Å². The third kappa shape index (κ3) is 2.49. The highest BCUT2D eigenvalue weighted by atomic mass is 16.5. The van der Waals surface area contributed by atoms with Gasteiger partial charge in [0.05, 0.1) is 17.8 Å². The Morgan fingerprint density at radius 3 is 2.65 bits per heavy atom. The summed E-state index contributed by atoms with van der Waals surface area (Å²) in [5.74, 6) is 1.32. The summed E-state index contributed by atoms with van der Waals surface area (Å²) in [6.07, 6.45) is 1.13. The first kappa shape index (κ1) is 12.6. The number of benzene rings is 2. The fourth-order valence-corrected chi connectivity index (χ4v) is 2.15. The van der Waals surface area contributed by atoms with Gasteiger partial charge < -0.3 is 9.84 Å². The number of aliphatic hydroxyl groups is 1. The summed E-state index contributed by atoms with van der Waals surface area (Å²) in [7, 11) is 0. The monoisotopic (exact) mass is 265 g/mol. The zero-order valence-corrected chi connectivity index (χ0v) is 11.2. The lowest BCUT2D eigenvalue weighted by Gasteiger charge is -2.13. The van der Waals surface area contributed by atoms with Crippen LogP contribution in [0.3, 0.4) is 0 Å². The highest BCUT2D eigenvalue weighted by Gasteiger charge is 2.09. The van der Waals surface area contributed by atoms with Gasteiger partial charge in [0.15, 0.2) is 0 Å². The van der Waals surface area contributed by atoms with Crippen LogP contribution in [0.5, 0.6) is 11.5 Å². The fraction of sp³-hybridized carbons (Fsp3) is 0.118. The van der Waals surface area contributed by atoms with Crippen LogP contribution in [-0.2, 0) is 0 Å². The third-order valence-corrected chi connectivity index (χ3v) is 3.16. The molecule has 0 saturated carbocycles. The van der Waals surface area contributed by atoms with Crippen LogP contribution in [0.15, 0.2) is 60.8 Å². The van der Waals surface area contributed by atoms with Crippen molar-refractivity contribution >= 4 is 10.9 Å². The lowest BCUT2D eigenvalue weighted by Crippen LogP contribution is -1.96. The van der Waals surface area contributed by atoms with Crippen LogP contribution in [0.2, 0.25) is 0 Å². The molecule has 0 aliphatic heterocycles. The van der Waals surface area contributed by atoms with Crippen molar-refractivity contribution in [2.45, 2.75) is 13.0 Å². The average molecular weight is 265 g/mol. The molecule has 3 rings (SSSR count). The number of fused-ring (bicyclic) bond motifs is 1. The van der Waals surface area contributed by atoms with Crippen LogP contribution in [0, 0.1) is 0 Å². The molecule has 0 unspecified atom stereocenters. The van der Waals surface area contributed by atoms with E-state index in [0.29, 0.717) is 11.5 Å². The Morgan fingerprint density at radius 1 is 1.05 bits per heavy atom. The van der Waals surface area contributed by atoms with E-state index in [1.165, 1.54) is 0 Å². The van der Waals surface area contributed by atoms with E-state index in [9.17, 15) is 5.11 Å². The Hall–Kier alpha value is -2.39. The van der Waals surface area contributed by atoms with Gasteiger partial charge in [-0.2, -0.15) is 0 Å². The van der Waals surface area contributed by atoms with Crippen LogP contribution in [0.1, 0.15) is 18.6 Å². The molecule has 0 saturated heterocycles. The van der Waals surface area contributed by atoms with Crippen molar-refractivity contribution in [2.75, 3.05) is 0 Å². The Labute approximate surface area is 117 Å². The van der Waals surface area contributed by atoms with Crippen LogP contribution in [0.25, 0.3) is 10.9 Å². The first-order chi connectivity index (χ1) is 9.74. The van der Waals surface area contributed by atoms with Crippen LogP contribution < -0.4 is 4.74 Å². The van der Waals surface area contributed by atoms with Gasteiger partial charge in [-0.3, -0.25) is 4.98 Å². The molecule has 0 aliphatic carbocycles. The predicted molar refractivity (Wildman–Crippen MR) is 78.9 cm³/mol. The molecule has 1 N–H and O–H groups in total. The Morgan fingerprint density at radius 2 is 1.80 bits per heavy atom. The molecule has 0 amide bonds. The summed E-state index contributed by atoms with van der Waals surface area (Å²) in [5.41, 5.74) is 1.70. The molecular weight excluding hydrogens is 250 g/mol. The number of aromatic nitrogens is 1. The summed E-state index contributed by atoms with van der Waals surface area (Å²) in [4.78, 5) is 4.36. The quantitative estimate of drug-likeness (QED) is 0.775. The zero-order chi connectivity index (χ0) is 13.9. The van der Waals surface area contributed by atoms with Crippen molar-refractivity contribution in [3.63, 3.8) is 0 Å². The second-order valence-corrected chi connectivity index (χ2v) is 4.68. The molecule has 1 heterocycles. The summed E-state index contributed by atoms with van der Waals surface area (Å²) in [5, 5.41) is 10.8. The van der Waals surface area contributed by atoms with E-state index >= 15 is 0 Å². The molecule has 1 atom stereocenters. The minimum atomic E-state index is -0.570. The van der Waals surface area contributed by atoms with E-state index in [2.05, 4.69) is 4.98 Å². The normalized spacial score (nSPS) is 12.3. The third-order valence-electron chi connectivity index (χ3n) is 3.16. The number of hydrogen-bond acceptors (Lipinski definition) is 3. The summed E-state index contributed by atoms with van der Waals surface area (Å²) >= 11 is 0. The molecular formula is C17H15NO2. The van der Waals surface area contributed by atoms with E-state index in [4.69, 9.17) is 4.74 Å². The molecule has 0 aliphatic rings. The smallest absolute Gasteiger partial charge is 0.146 e. The molecule has 3 aromatic rings. The molecule has 100 valence electrons. The number of aliphatic hydroxyl groups excluding tert-OH is 1. The SMILES string of the molecule is C[C@H](O)c1ccccc1Oc1cnc2ccccc2c1. The van der Waals surface area contributed by atoms with Crippen molar-refractivity contribution in [1.82, 2.24) is 4.98 Å². The minimum Gasteiger partial charge on any atom is -0.455 e. The topological polar surface area (TPSA) is 42.4 Å². The number of ether oxygens (including phenoxy) is 1. The van der Waals surface area contributed by atoms with Crippen LogP contribution in [-0.4, -0.2) is 10.1 Å². The maximum absolute atomic E-state index is 9.76. The fourth-order valence-electron chi connectivity index (χ4n) is 2.15. The van der Waals surface area contributed by atoms with Crippen molar-refractivity contribution < 1.29 is 9.84 Å². The average Bonchev–Trinajstić information content (AvgIpc) is 2.47. The number of para-hydroxylation sites is 2. The molecule has 0 bridgehead atoms. The van der Waals surface area contributed by atoms with Gasteiger partial charge in [0, 0.05) is 10.9 Å². The van der Waals surface area contributed by atoms with Gasteiger partial charge in [-0.05, 0) is 25.1 Å². The summed E-state index contributed by atoms with van der Waals surface area (Å²) < 4.78 is 5.86. The van der Waals surface area contributed by atoms with Gasteiger partial charge in [-0.15, -0.1) is 0 Å². The second kappa shape index (κ2) is 5.31. The Bertz CT molecular complexity index is 738.